The van der Waals surface area contributed by atoms with E-state index in [0.717, 1.165) is 16.8 Å². The Labute approximate surface area is 127 Å². The molecule has 0 saturated heterocycles. The van der Waals surface area contributed by atoms with E-state index in [1.807, 2.05) is 47.8 Å². The van der Waals surface area contributed by atoms with Crippen LogP contribution in [0.25, 0.3) is 11.1 Å². The number of thiazole rings is 1. The average molecular weight is 294 g/mol. The van der Waals surface area contributed by atoms with Crippen molar-refractivity contribution in [3.05, 3.63) is 71.2 Å². The predicted molar refractivity (Wildman–Crippen MR) is 86.4 cm³/mol. The van der Waals surface area contributed by atoms with E-state index in [1.54, 1.807) is 0 Å². The van der Waals surface area contributed by atoms with Gasteiger partial charge in [-0.25, -0.2) is 4.98 Å². The van der Waals surface area contributed by atoms with Gasteiger partial charge in [-0.15, -0.1) is 11.3 Å². The molecule has 0 aliphatic rings. The topological polar surface area (TPSA) is 56.0 Å². The molecule has 0 aliphatic carbocycles. The van der Waals surface area contributed by atoms with Crippen molar-refractivity contribution in [1.29, 1.82) is 0 Å². The van der Waals surface area contributed by atoms with Gasteiger partial charge in [-0.3, -0.25) is 4.79 Å². The molecule has 1 aromatic heterocycles. The Bertz CT molecular complexity index is 748. The van der Waals surface area contributed by atoms with Gasteiger partial charge in [0.2, 0.25) is 0 Å². The highest BCUT2D eigenvalue weighted by Gasteiger charge is 2.09. The van der Waals surface area contributed by atoms with Crippen LogP contribution >= 0.6 is 11.3 Å². The van der Waals surface area contributed by atoms with E-state index in [0.29, 0.717) is 17.1 Å². The lowest BCUT2D eigenvalue weighted by molar-refractivity contribution is 0.0992. The highest BCUT2D eigenvalue weighted by atomic mass is 32.1. The first-order valence-electron chi connectivity index (χ1n) is 6.61. The molecular weight excluding hydrogens is 280 g/mol. The van der Waals surface area contributed by atoms with Crippen LogP contribution in [0, 0.1) is 0 Å². The van der Waals surface area contributed by atoms with Crippen LogP contribution in [-0.2, 0) is 6.42 Å². The summed E-state index contributed by atoms with van der Waals surface area (Å²) in [6, 6.07) is 17.8. The number of benzene rings is 2. The fourth-order valence-electron chi connectivity index (χ4n) is 2.15. The Kier molecular flexibility index (Phi) is 3.79. The number of anilines is 1. The molecule has 0 radical (unpaired) electrons. The quantitative estimate of drug-likeness (QED) is 0.744. The van der Waals surface area contributed by atoms with Gasteiger partial charge in [-0.2, -0.15) is 0 Å². The number of nitrogens with zero attached hydrogens (tertiary/aromatic N) is 1. The SMILES string of the molecule is Nc1nc(CC(=O)c2ccc(-c3ccccc3)cc2)cs1. The molecule has 0 atom stereocenters. The van der Waals surface area contributed by atoms with Gasteiger partial charge in [0.15, 0.2) is 10.9 Å². The number of nitrogen functional groups attached to an aromatic ring is 1. The number of Topliss-reactive ketones (excluding diaryl/α,β-unsaturated/α-hetero) is 1. The zero-order chi connectivity index (χ0) is 14.7. The van der Waals surface area contributed by atoms with Crippen LogP contribution in [0.4, 0.5) is 5.13 Å². The highest BCUT2D eigenvalue weighted by molar-refractivity contribution is 7.13. The van der Waals surface area contributed by atoms with Gasteiger partial charge < -0.3 is 5.73 Å². The van der Waals surface area contributed by atoms with Crippen LogP contribution in [0.3, 0.4) is 0 Å². The number of ketones is 1. The molecular formula is C17H14N2OS. The molecule has 0 amide bonds. The Morgan fingerprint density at radius 3 is 2.29 bits per heavy atom. The molecule has 2 N–H and O–H groups in total. The van der Waals surface area contributed by atoms with Gasteiger partial charge in [0.25, 0.3) is 0 Å². The van der Waals surface area contributed by atoms with E-state index in [2.05, 4.69) is 17.1 Å². The second kappa shape index (κ2) is 5.89. The van der Waals surface area contributed by atoms with Gasteiger partial charge in [-0.05, 0) is 11.1 Å². The maximum Gasteiger partial charge on any atom is 0.180 e. The number of hydrogen-bond acceptors (Lipinski definition) is 4. The van der Waals surface area contributed by atoms with Crippen LogP contribution in [0.1, 0.15) is 16.1 Å². The van der Waals surface area contributed by atoms with Crippen LogP contribution in [0.5, 0.6) is 0 Å². The van der Waals surface area contributed by atoms with E-state index >= 15 is 0 Å². The number of hydrogen-bond donors (Lipinski definition) is 1. The van der Waals surface area contributed by atoms with E-state index in [9.17, 15) is 4.79 Å². The molecule has 3 nitrogen and oxygen atoms in total. The van der Waals surface area contributed by atoms with E-state index in [-0.39, 0.29) is 5.78 Å². The number of aromatic nitrogens is 1. The maximum atomic E-state index is 12.2. The summed E-state index contributed by atoms with van der Waals surface area (Å²) in [5.41, 5.74) is 9.24. The molecule has 1 heterocycles. The number of carbonyl (C=O) groups is 1. The molecule has 104 valence electrons. The third-order valence-corrected chi connectivity index (χ3v) is 3.95. The van der Waals surface area contributed by atoms with Gasteiger partial charge in [-0.1, -0.05) is 54.6 Å². The summed E-state index contributed by atoms with van der Waals surface area (Å²) in [5, 5.41) is 2.32. The van der Waals surface area contributed by atoms with Crippen molar-refractivity contribution in [1.82, 2.24) is 4.98 Å². The summed E-state index contributed by atoms with van der Waals surface area (Å²) in [6.45, 7) is 0. The number of rotatable bonds is 4. The molecule has 21 heavy (non-hydrogen) atoms. The van der Waals surface area contributed by atoms with Gasteiger partial charge in [0, 0.05) is 10.9 Å². The first-order valence-corrected chi connectivity index (χ1v) is 7.49. The van der Waals surface area contributed by atoms with Crippen LogP contribution < -0.4 is 5.73 Å². The monoisotopic (exact) mass is 294 g/mol. The van der Waals surface area contributed by atoms with E-state index < -0.39 is 0 Å². The second-order valence-corrected chi connectivity index (χ2v) is 5.61. The lowest BCUT2D eigenvalue weighted by atomic mass is 10.0. The zero-order valence-corrected chi connectivity index (χ0v) is 12.1. The normalized spacial score (nSPS) is 10.5. The minimum atomic E-state index is 0.0555. The highest BCUT2D eigenvalue weighted by Crippen LogP contribution is 2.20. The van der Waals surface area contributed by atoms with Crippen LogP contribution in [0.2, 0.25) is 0 Å². The first kappa shape index (κ1) is 13.5. The third-order valence-electron chi connectivity index (χ3n) is 3.23. The summed E-state index contributed by atoms with van der Waals surface area (Å²) in [6.07, 6.45) is 0.290. The molecule has 4 heteroatoms. The van der Waals surface area contributed by atoms with Crippen molar-refractivity contribution in [3.63, 3.8) is 0 Å². The van der Waals surface area contributed by atoms with Crippen molar-refractivity contribution in [3.8, 4) is 11.1 Å². The molecule has 3 aromatic rings. The third kappa shape index (κ3) is 3.17. The molecule has 0 aliphatic heterocycles. The Morgan fingerprint density at radius 1 is 1.00 bits per heavy atom. The standard InChI is InChI=1S/C17H14N2OS/c18-17-19-15(11-21-17)10-16(20)14-8-6-13(7-9-14)12-4-2-1-3-5-12/h1-9,11H,10H2,(H2,18,19). The summed E-state index contributed by atoms with van der Waals surface area (Å²) >= 11 is 1.36. The predicted octanol–water partition coefficient (Wildman–Crippen LogP) is 3.82. The summed E-state index contributed by atoms with van der Waals surface area (Å²) in [5.74, 6) is 0.0555. The van der Waals surface area contributed by atoms with Crippen molar-refractivity contribution < 1.29 is 4.79 Å². The molecule has 0 unspecified atom stereocenters. The maximum absolute atomic E-state index is 12.2. The summed E-state index contributed by atoms with van der Waals surface area (Å²) in [7, 11) is 0. The molecule has 3 rings (SSSR count). The van der Waals surface area contributed by atoms with Crippen LogP contribution in [-0.4, -0.2) is 10.8 Å². The minimum absolute atomic E-state index is 0.0555. The number of nitrogens with two attached hydrogens (primary N) is 1. The van der Waals surface area contributed by atoms with Gasteiger partial charge in [0.05, 0.1) is 12.1 Å². The smallest absolute Gasteiger partial charge is 0.180 e. The van der Waals surface area contributed by atoms with Crippen LogP contribution in [0.15, 0.2) is 60.0 Å². The Hall–Kier alpha value is -2.46. The van der Waals surface area contributed by atoms with Crippen molar-refractivity contribution >= 4 is 22.3 Å². The lowest BCUT2D eigenvalue weighted by Crippen LogP contribution is -2.03. The van der Waals surface area contributed by atoms with Gasteiger partial charge in [0.1, 0.15) is 0 Å². The average Bonchev–Trinajstić information content (AvgIpc) is 2.93. The largest absolute Gasteiger partial charge is 0.375 e. The summed E-state index contributed by atoms with van der Waals surface area (Å²) < 4.78 is 0. The van der Waals surface area contributed by atoms with Gasteiger partial charge >= 0.3 is 0 Å². The molecule has 2 aromatic carbocycles. The van der Waals surface area contributed by atoms with E-state index in [4.69, 9.17) is 5.73 Å². The second-order valence-electron chi connectivity index (χ2n) is 4.72. The zero-order valence-electron chi connectivity index (χ0n) is 11.3. The van der Waals surface area contributed by atoms with Crippen molar-refractivity contribution in [2.24, 2.45) is 0 Å². The van der Waals surface area contributed by atoms with Crippen molar-refractivity contribution in [2.75, 3.05) is 5.73 Å². The molecule has 0 spiro atoms. The van der Waals surface area contributed by atoms with Crippen molar-refractivity contribution in [2.45, 2.75) is 6.42 Å². The molecule has 0 saturated carbocycles. The fraction of sp³-hybridized carbons (Fsp3) is 0.0588. The molecule has 0 bridgehead atoms. The fourth-order valence-corrected chi connectivity index (χ4v) is 2.71. The summed E-state index contributed by atoms with van der Waals surface area (Å²) in [4.78, 5) is 16.3. The Balaban J connectivity index is 1.76. The van der Waals surface area contributed by atoms with E-state index in [1.165, 1.54) is 11.3 Å². The minimum Gasteiger partial charge on any atom is -0.375 e. The lowest BCUT2D eigenvalue weighted by Gasteiger charge is -2.03. The first-order chi connectivity index (χ1) is 10.2. The Morgan fingerprint density at radius 2 is 1.67 bits per heavy atom. The molecule has 0 fully saturated rings. The number of carbonyl (C=O) groups excluding carboxylic acids is 1.